The molecule has 1 nitrogen and oxygen atoms in total. The minimum absolute atomic E-state index is 0. The fourth-order valence-electron chi connectivity index (χ4n) is 1.68. The van der Waals surface area contributed by atoms with Crippen molar-refractivity contribution in [3.8, 4) is 0 Å². The normalized spacial score (nSPS) is 36.0. The van der Waals surface area contributed by atoms with Crippen molar-refractivity contribution >= 4 is 12.4 Å². The SMILES string of the molecule is CC1(C)CCCCC1(C)N.Cl. The van der Waals surface area contributed by atoms with Gasteiger partial charge in [-0.05, 0) is 25.2 Å². The van der Waals surface area contributed by atoms with Crippen LogP contribution < -0.4 is 5.73 Å². The van der Waals surface area contributed by atoms with Crippen LogP contribution in [0.5, 0.6) is 0 Å². The van der Waals surface area contributed by atoms with Gasteiger partial charge in [0.15, 0.2) is 0 Å². The maximum absolute atomic E-state index is 6.16. The Hall–Kier alpha value is 0.250. The maximum atomic E-state index is 6.16. The van der Waals surface area contributed by atoms with Crippen LogP contribution in [0.2, 0.25) is 0 Å². The van der Waals surface area contributed by atoms with E-state index in [4.69, 9.17) is 5.73 Å². The zero-order chi connectivity index (χ0) is 7.83. The number of nitrogens with two attached hydrogens (primary N) is 1. The quantitative estimate of drug-likeness (QED) is 0.605. The fourth-order valence-corrected chi connectivity index (χ4v) is 1.68. The van der Waals surface area contributed by atoms with Crippen LogP contribution in [0.4, 0.5) is 0 Å². The molecule has 11 heavy (non-hydrogen) atoms. The van der Waals surface area contributed by atoms with Gasteiger partial charge < -0.3 is 5.73 Å². The van der Waals surface area contributed by atoms with Crippen LogP contribution in [0.3, 0.4) is 0 Å². The lowest BCUT2D eigenvalue weighted by atomic mass is 9.65. The van der Waals surface area contributed by atoms with Gasteiger partial charge in [0.2, 0.25) is 0 Å². The van der Waals surface area contributed by atoms with Gasteiger partial charge in [-0.3, -0.25) is 0 Å². The molecule has 0 aromatic heterocycles. The predicted molar refractivity (Wildman–Crippen MR) is 52.1 cm³/mol. The molecule has 0 aromatic rings. The summed E-state index contributed by atoms with van der Waals surface area (Å²) in [4.78, 5) is 0. The van der Waals surface area contributed by atoms with E-state index < -0.39 is 0 Å². The molecule has 2 N–H and O–H groups in total. The third kappa shape index (κ3) is 2.09. The summed E-state index contributed by atoms with van der Waals surface area (Å²) >= 11 is 0. The third-order valence-corrected chi connectivity index (χ3v) is 3.29. The van der Waals surface area contributed by atoms with Crippen LogP contribution in [-0.2, 0) is 0 Å². The van der Waals surface area contributed by atoms with Crippen LogP contribution in [0, 0.1) is 5.41 Å². The summed E-state index contributed by atoms with van der Waals surface area (Å²) in [5.41, 5.74) is 6.58. The molecule has 68 valence electrons. The molecule has 1 saturated carbocycles. The van der Waals surface area contributed by atoms with Crippen molar-refractivity contribution < 1.29 is 0 Å². The van der Waals surface area contributed by atoms with Crippen molar-refractivity contribution in [1.82, 2.24) is 0 Å². The molecule has 0 aliphatic heterocycles. The molecule has 1 aliphatic carbocycles. The van der Waals surface area contributed by atoms with Gasteiger partial charge in [0, 0.05) is 5.54 Å². The average Bonchev–Trinajstić information content (AvgIpc) is 1.77. The Morgan fingerprint density at radius 3 is 1.73 bits per heavy atom. The van der Waals surface area contributed by atoms with Gasteiger partial charge in [-0.2, -0.15) is 0 Å². The second-order valence-corrected chi connectivity index (χ2v) is 4.51. The highest BCUT2D eigenvalue weighted by Gasteiger charge is 2.39. The summed E-state index contributed by atoms with van der Waals surface area (Å²) in [5.74, 6) is 0. The largest absolute Gasteiger partial charge is 0.325 e. The predicted octanol–water partition coefficient (Wildman–Crippen LogP) is 2.73. The minimum Gasteiger partial charge on any atom is -0.325 e. The summed E-state index contributed by atoms with van der Waals surface area (Å²) < 4.78 is 0. The molecule has 0 heterocycles. The van der Waals surface area contributed by atoms with E-state index in [0.29, 0.717) is 5.41 Å². The highest BCUT2D eigenvalue weighted by atomic mass is 35.5. The molecule has 1 unspecified atom stereocenters. The van der Waals surface area contributed by atoms with E-state index in [-0.39, 0.29) is 17.9 Å². The number of hydrogen-bond donors (Lipinski definition) is 1. The average molecular weight is 178 g/mol. The summed E-state index contributed by atoms with van der Waals surface area (Å²) in [5, 5.41) is 0. The Morgan fingerprint density at radius 1 is 1.00 bits per heavy atom. The van der Waals surface area contributed by atoms with Crippen LogP contribution in [0.25, 0.3) is 0 Å². The van der Waals surface area contributed by atoms with Crippen LogP contribution in [0.1, 0.15) is 46.5 Å². The Bertz CT molecular complexity index is 114. The zero-order valence-corrected chi connectivity index (χ0v) is 8.63. The van der Waals surface area contributed by atoms with E-state index in [2.05, 4.69) is 20.8 Å². The van der Waals surface area contributed by atoms with Gasteiger partial charge in [0.05, 0.1) is 0 Å². The summed E-state index contributed by atoms with van der Waals surface area (Å²) in [7, 11) is 0. The molecule has 1 rings (SSSR count). The first-order valence-electron chi connectivity index (χ1n) is 4.25. The lowest BCUT2D eigenvalue weighted by molar-refractivity contribution is 0.116. The highest BCUT2D eigenvalue weighted by Crippen LogP contribution is 2.41. The Labute approximate surface area is 76.1 Å². The second-order valence-electron chi connectivity index (χ2n) is 4.51. The van der Waals surface area contributed by atoms with Gasteiger partial charge in [-0.25, -0.2) is 0 Å². The smallest absolute Gasteiger partial charge is 0.0177 e. The molecule has 1 atom stereocenters. The van der Waals surface area contributed by atoms with Crippen molar-refractivity contribution in [2.24, 2.45) is 11.1 Å². The molecular formula is C9H20ClN. The van der Waals surface area contributed by atoms with E-state index in [1.165, 1.54) is 25.7 Å². The first-order chi connectivity index (χ1) is 4.46. The van der Waals surface area contributed by atoms with Crippen molar-refractivity contribution in [3.63, 3.8) is 0 Å². The van der Waals surface area contributed by atoms with Gasteiger partial charge in [-0.15, -0.1) is 12.4 Å². The molecule has 0 saturated heterocycles. The zero-order valence-electron chi connectivity index (χ0n) is 7.81. The molecule has 1 fully saturated rings. The van der Waals surface area contributed by atoms with Gasteiger partial charge in [0.25, 0.3) is 0 Å². The van der Waals surface area contributed by atoms with Gasteiger partial charge >= 0.3 is 0 Å². The van der Waals surface area contributed by atoms with E-state index in [1.807, 2.05) is 0 Å². The molecule has 0 bridgehead atoms. The van der Waals surface area contributed by atoms with E-state index in [1.54, 1.807) is 0 Å². The van der Waals surface area contributed by atoms with E-state index in [0.717, 1.165) is 0 Å². The monoisotopic (exact) mass is 177 g/mol. The molecule has 0 spiro atoms. The van der Waals surface area contributed by atoms with Crippen LogP contribution in [-0.4, -0.2) is 5.54 Å². The molecule has 2 heteroatoms. The summed E-state index contributed by atoms with van der Waals surface area (Å²) in [6.45, 7) is 6.75. The topological polar surface area (TPSA) is 26.0 Å². The summed E-state index contributed by atoms with van der Waals surface area (Å²) in [6, 6.07) is 0. The molecule has 0 aromatic carbocycles. The second kappa shape index (κ2) is 3.32. The van der Waals surface area contributed by atoms with Crippen molar-refractivity contribution in [2.75, 3.05) is 0 Å². The summed E-state index contributed by atoms with van der Waals surface area (Å²) in [6.07, 6.45) is 5.16. The van der Waals surface area contributed by atoms with Crippen molar-refractivity contribution in [3.05, 3.63) is 0 Å². The lowest BCUT2D eigenvalue weighted by Crippen LogP contribution is -2.51. The van der Waals surface area contributed by atoms with Crippen LogP contribution in [0.15, 0.2) is 0 Å². The van der Waals surface area contributed by atoms with Crippen LogP contribution >= 0.6 is 12.4 Å². The maximum Gasteiger partial charge on any atom is 0.0177 e. The first kappa shape index (κ1) is 11.2. The van der Waals surface area contributed by atoms with Gasteiger partial charge in [-0.1, -0.05) is 26.7 Å². The standard InChI is InChI=1S/C9H19N.ClH/c1-8(2)6-4-5-7-9(8,3)10;/h4-7,10H2,1-3H3;1H. The number of hydrogen-bond acceptors (Lipinski definition) is 1. The highest BCUT2D eigenvalue weighted by molar-refractivity contribution is 5.85. The molecule has 0 radical (unpaired) electrons. The molecule has 0 amide bonds. The van der Waals surface area contributed by atoms with Crippen molar-refractivity contribution in [2.45, 2.75) is 52.0 Å². The minimum atomic E-state index is 0. The molecule has 1 aliphatic rings. The number of rotatable bonds is 0. The Balaban J connectivity index is 0.000001000. The Kier molecular flexibility index (Phi) is 3.40. The van der Waals surface area contributed by atoms with Gasteiger partial charge in [0.1, 0.15) is 0 Å². The third-order valence-electron chi connectivity index (χ3n) is 3.29. The fraction of sp³-hybridized carbons (Fsp3) is 1.00. The lowest BCUT2D eigenvalue weighted by Gasteiger charge is -2.45. The van der Waals surface area contributed by atoms with Crippen molar-refractivity contribution in [1.29, 1.82) is 0 Å². The number of halogens is 1. The first-order valence-corrected chi connectivity index (χ1v) is 4.25. The van der Waals surface area contributed by atoms with E-state index >= 15 is 0 Å². The Morgan fingerprint density at radius 2 is 1.45 bits per heavy atom. The molecular weight excluding hydrogens is 158 g/mol. The van der Waals surface area contributed by atoms with E-state index in [9.17, 15) is 0 Å².